The van der Waals surface area contributed by atoms with Gasteiger partial charge in [-0.15, -0.1) is 0 Å². The van der Waals surface area contributed by atoms with Crippen LogP contribution in [-0.2, 0) is 14.3 Å². The first-order chi connectivity index (χ1) is 14.7. The van der Waals surface area contributed by atoms with Gasteiger partial charge in [-0.3, -0.25) is 19.5 Å². The molecule has 2 aromatic rings. The molecule has 1 aromatic carbocycles. The van der Waals surface area contributed by atoms with E-state index in [1.165, 1.54) is 0 Å². The van der Waals surface area contributed by atoms with Gasteiger partial charge < -0.3 is 14.7 Å². The Morgan fingerprint density at radius 2 is 1.83 bits per heavy atom. The Balaban J connectivity index is 1.63. The number of carbonyl (C=O) groups excluding carboxylic acids is 2. The Morgan fingerprint density at radius 1 is 1.07 bits per heavy atom. The van der Waals surface area contributed by atoms with Crippen LogP contribution in [0.4, 0.5) is 0 Å². The maximum Gasteiger partial charge on any atom is 0.295 e. The summed E-state index contributed by atoms with van der Waals surface area (Å²) in [6.45, 7) is 4.43. The molecule has 7 heteroatoms. The number of Topliss-reactive ketones (excluding diaryl/α,β-unsaturated/α-hetero) is 1. The number of hydrogen-bond donors (Lipinski definition) is 1. The van der Waals surface area contributed by atoms with E-state index < -0.39 is 17.7 Å². The van der Waals surface area contributed by atoms with Crippen LogP contribution in [0.2, 0.25) is 0 Å². The average Bonchev–Trinajstić information content (AvgIpc) is 3.05. The van der Waals surface area contributed by atoms with Crippen molar-refractivity contribution in [3.05, 3.63) is 71.6 Å². The minimum atomic E-state index is -0.656. The number of likely N-dealkylation sites (tertiary alicyclic amines) is 1. The molecular weight excluding hydrogens is 382 g/mol. The lowest BCUT2D eigenvalue weighted by molar-refractivity contribution is -0.140. The Morgan fingerprint density at radius 3 is 2.53 bits per heavy atom. The SMILES string of the molecule is O=C1C(=O)N(CCCN2CCOCC2)C(c2cccnc2)/C1=C(/O)c1ccccc1. The molecule has 156 valence electrons. The summed E-state index contributed by atoms with van der Waals surface area (Å²) in [6.07, 6.45) is 4.02. The van der Waals surface area contributed by atoms with E-state index in [0.717, 1.165) is 39.3 Å². The number of morpholine rings is 1. The molecule has 2 aliphatic heterocycles. The molecule has 0 radical (unpaired) electrons. The highest BCUT2D eigenvalue weighted by molar-refractivity contribution is 6.46. The number of rotatable bonds is 6. The number of nitrogens with zero attached hydrogens (tertiary/aromatic N) is 3. The molecule has 0 aliphatic carbocycles. The number of carbonyl (C=O) groups is 2. The minimum absolute atomic E-state index is 0.116. The molecule has 1 aromatic heterocycles. The van der Waals surface area contributed by atoms with Crippen LogP contribution in [-0.4, -0.2) is 71.0 Å². The molecule has 2 saturated heterocycles. The number of amides is 1. The van der Waals surface area contributed by atoms with Crippen LogP contribution in [0.25, 0.3) is 5.76 Å². The van der Waals surface area contributed by atoms with Gasteiger partial charge >= 0.3 is 0 Å². The Kier molecular flexibility index (Phi) is 6.21. The second kappa shape index (κ2) is 9.19. The van der Waals surface area contributed by atoms with Gasteiger partial charge in [-0.1, -0.05) is 36.4 Å². The predicted octanol–water partition coefficient (Wildman–Crippen LogP) is 2.23. The zero-order valence-corrected chi connectivity index (χ0v) is 16.7. The topological polar surface area (TPSA) is 83.0 Å². The molecule has 3 heterocycles. The summed E-state index contributed by atoms with van der Waals surface area (Å²) in [5, 5.41) is 10.9. The zero-order chi connectivity index (χ0) is 20.9. The number of pyridine rings is 1. The average molecular weight is 407 g/mol. The maximum atomic E-state index is 12.9. The van der Waals surface area contributed by atoms with Gasteiger partial charge in [-0.25, -0.2) is 0 Å². The van der Waals surface area contributed by atoms with Crippen LogP contribution in [0.15, 0.2) is 60.4 Å². The fraction of sp³-hybridized carbons (Fsp3) is 0.348. The van der Waals surface area contributed by atoms with E-state index in [0.29, 0.717) is 17.7 Å². The molecule has 30 heavy (non-hydrogen) atoms. The van der Waals surface area contributed by atoms with E-state index in [2.05, 4.69) is 9.88 Å². The lowest BCUT2D eigenvalue weighted by Crippen LogP contribution is -2.39. The van der Waals surface area contributed by atoms with Gasteiger partial charge in [0.2, 0.25) is 0 Å². The summed E-state index contributed by atoms with van der Waals surface area (Å²) in [7, 11) is 0. The van der Waals surface area contributed by atoms with Crippen LogP contribution in [0.5, 0.6) is 0 Å². The molecule has 1 N–H and O–H groups in total. The van der Waals surface area contributed by atoms with Gasteiger partial charge in [0.25, 0.3) is 11.7 Å². The summed E-state index contributed by atoms with van der Waals surface area (Å²) in [4.78, 5) is 33.8. The van der Waals surface area contributed by atoms with Crippen LogP contribution >= 0.6 is 0 Å². The lowest BCUT2D eigenvalue weighted by Gasteiger charge is -2.29. The molecule has 2 aliphatic rings. The van der Waals surface area contributed by atoms with Gasteiger partial charge in [0, 0.05) is 44.1 Å². The number of benzene rings is 1. The first kappa shape index (κ1) is 20.3. The number of aliphatic hydroxyl groups excluding tert-OH is 1. The van der Waals surface area contributed by atoms with E-state index in [1.807, 2.05) is 12.1 Å². The van der Waals surface area contributed by atoms with E-state index in [-0.39, 0.29) is 11.3 Å². The molecule has 1 atom stereocenters. The van der Waals surface area contributed by atoms with Crippen molar-refractivity contribution in [1.29, 1.82) is 0 Å². The van der Waals surface area contributed by atoms with E-state index in [1.54, 1.807) is 47.6 Å². The van der Waals surface area contributed by atoms with Crippen molar-refractivity contribution in [3.63, 3.8) is 0 Å². The summed E-state index contributed by atoms with van der Waals surface area (Å²) in [5.41, 5.74) is 1.34. The number of hydrogen-bond acceptors (Lipinski definition) is 6. The lowest BCUT2D eigenvalue weighted by atomic mass is 9.96. The number of ether oxygens (including phenoxy) is 1. The number of aliphatic hydroxyl groups is 1. The maximum absolute atomic E-state index is 12.9. The second-order valence-electron chi connectivity index (χ2n) is 7.45. The predicted molar refractivity (Wildman–Crippen MR) is 112 cm³/mol. The third-order valence-corrected chi connectivity index (χ3v) is 5.56. The quantitative estimate of drug-likeness (QED) is 0.449. The van der Waals surface area contributed by atoms with E-state index >= 15 is 0 Å². The smallest absolute Gasteiger partial charge is 0.295 e. The van der Waals surface area contributed by atoms with Crippen molar-refractivity contribution in [2.24, 2.45) is 0 Å². The van der Waals surface area contributed by atoms with Crippen molar-refractivity contribution in [2.45, 2.75) is 12.5 Å². The summed E-state index contributed by atoms with van der Waals surface area (Å²) in [6, 6.07) is 11.8. The van der Waals surface area contributed by atoms with Crippen molar-refractivity contribution >= 4 is 17.4 Å². The fourth-order valence-electron chi connectivity index (χ4n) is 4.04. The second-order valence-corrected chi connectivity index (χ2v) is 7.45. The van der Waals surface area contributed by atoms with Crippen LogP contribution in [0.3, 0.4) is 0 Å². The molecule has 0 saturated carbocycles. The Hall–Kier alpha value is -3.03. The standard InChI is InChI=1S/C23H25N3O4/c27-21(17-6-2-1-3-7-17)19-20(18-8-4-9-24-16-18)26(23(29)22(19)28)11-5-10-25-12-14-30-15-13-25/h1-4,6-9,16,20,27H,5,10-15H2/b21-19-. The van der Waals surface area contributed by atoms with Crippen LogP contribution in [0, 0.1) is 0 Å². The highest BCUT2D eigenvalue weighted by atomic mass is 16.5. The van der Waals surface area contributed by atoms with Gasteiger partial charge in [0.15, 0.2) is 0 Å². The molecule has 7 nitrogen and oxygen atoms in total. The van der Waals surface area contributed by atoms with Crippen LogP contribution in [0.1, 0.15) is 23.6 Å². The zero-order valence-electron chi connectivity index (χ0n) is 16.7. The highest BCUT2D eigenvalue weighted by Gasteiger charge is 2.45. The molecule has 2 fully saturated rings. The normalized spacial score (nSPS) is 21.9. The van der Waals surface area contributed by atoms with Crippen molar-refractivity contribution in [3.8, 4) is 0 Å². The molecule has 0 spiro atoms. The van der Waals surface area contributed by atoms with Crippen molar-refractivity contribution in [2.75, 3.05) is 39.4 Å². The van der Waals surface area contributed by atoms with Crippen molar-refractivity contribution in [1.82, 2.24) is 14.8 Å². The largest absolute Gasteiger partial charge is 0.507 e. The van der Waals surface area contributed by atoms with E-state index in [9.17, 15) is 14.7 Å². The van der Waals surface area contributed by atoms with Gasteiger partial charge in [0.1, 0.15) is 5.76 Å². The van der Waals surface area contributed by atoms with Crippen LogP contribution < -0.4 is 0 Å². The van der Waals surface area contributed by atoms with Crippen molar-refractivity contribution < 1.29 is 19.4 Å². The van der Waals surface area contributed by atoms with Gasteiger partial charge in [-0.05, 0) is 18.1 Å². The molecule has 4 rings (SSSR count). The van der Waals surface area contributed by atoms with Gasteiger partial charge in [-0.2, -0.15) is 0 Å². The third kappa shape index (κ3) is 4.13. The number of ketones is 1. The third-order valence-electron chi connectivity index (χ3n) is 5.56. The molecule has 1 unspecified atom stereocenters. The Labute approximate surface area is 175 Å². The number of aromatic nitrogens is 1. The summed E-state index contributed by atoms with van der Waals surface area (Å²) >= 11 is 0. The first-order valence-electron chi connectivity index (χ1n) is 10.2. The highest BCUT2D eigenvalue weighted by Crippen LogP contribution is 2.39. The summed E-state index contributed by atoms with van der Waals surface area (Å²) in [5.74, 6) is -1.39. The fourth-order valence-corrected chi connectivity index (χ4v) is 4.04. The van der Waals surface area contributed by atoms with E-state index in [4.69, 9.17) is 4.74 Å². The first-order valence-corrected chi connectivity index (χ1v) is 10.2. The minimum Gasteiger partial charge on any atom is -0.507 e. The molecule has 1 amide bonds. The molecule has 0 bridgehead atoms. The molecular formula is C23H25N3O4. The monoisotopic (exact) mass is 407 g/mol. The Bertz CT molecular complexity index is 924. The summed E-state index contributed by atoms with van der Waals surface area (Å²) < 4.78 is 5.38. The van der Waals surface area contributed by atoms with Gasteiger partial charge in [0.05, 0.1) is 24.8 Å².